The van der Waals surface area contributed by atoms with Crippen molar-refractivity contribution in [2.45, 2.75) is 56.8 Å². The Labute approximate surface area is 156 Å². The Morgan fingerprint density at radius 2 is 2.08 bits per heavy atom. The lowest BCUT2D eigenvalue weighted by Gasteiger charge is -2.54. The lowest BCUT2D eigenvalue weighted by molar-refractivity contribution is -0.137. The lowest BCUT2D eigenvalue weighted by atomic mass is 9.54. The number of amides is 2. The molecule has 0 aliphatic heterocycles. The average molecular weight is 386 g/mol. The molecule has 7 heteroatoms. The van der Waals surface area contributed by atoms with Gasteiger partial charge in [-0.15, -0.1) is 0 Å². The van der Waals surface area contributed by atoms with Crippen molar-refractivity contribution in [2.75, 3.05) is 12.0 Å². The molecule has 144 valence electrons. The number of urea groups is 1. The largest absolute Gasteiger partial charge is 0.416 e. The van der Waals surface area contributed by atoms with Gasteiger partial charge in [-0.3, -0.25) is 0 Å². The maximum absolute atomic E-state index is 13.0. The van der Waals surface area contributed by atoms with Crippen LogP contribution in [-0.4, -0.2) is 24.1 Å². The molecular formula is C19H25F3N2OS. The molecule has 1 atom stereocenters. The fraction of sp³-hybridized carbons (Fsp3) is 0.632. The first kappa shape index (κ1) is 19.4. The number of hydrogen-bond acceptors (Lipinski definition) is 2. The minimum Gasteiger partial charge on any atom is -0.335 e. The van der Waals surface area contributed by atoms with Crippen LogP contribution in [0.5, 0.6) is 0 Å². The van der Waals surface area contributed by atoms with Crippen LogP contribution in [0.4, 0.5) is 18.0 Å². The van der Waals surface area contributed by atoms with Gasteiger partial charge in [-0.25, -0.2) is 4.79 Å². The van der Waals surface area contributed by atoms with E-state index < -0.39 is 17.8 Å². The Balaban J connectivity index is 1.61. The van der Waals surface area contributed by atoms with Crippen LogP contribution in [0.1, 0.15) is 55.7 Å². The summed E-state index contributed by atoms with van der Waals surface area (Å²) in [4.78, 5) is 12.3. The van der Waals surface area contributed by atoms with E-state index in [-0.39, 0.29) is 12.1 Å². The quantitative estimate of drug-likeness (QED) is 0.711. The van der Waals surface area contributed by atoms with Crippen LogP contribution in [0, 0.1) is 5.41 Å². The van der Waals surface area contributed by atoms with Crippen LogP contribution < -0.4 is 10.6 Å². The predicted molar refractivity (Wildman–Crippen MR) is 98.2 cm³/mol. The van der Waals surface area contributed by atoms with E-state index in [1.165, 1.54) is 25.3 Å². The smallest absolute Gasteiger partial charge is 0.335 e. The number of carbonyl (C=O) groups excluding carboxylic acids is 1. The molecule has 3 rings (SSSR count). The van der Waals surface area contributed by atoms with Crippen molar-refractivity contribution in [3.8, 4) is 0 Å². The highest BCUT2D eigenvalue weighted by Crippen LogP contribution is 2.55. The standard InChI is InChI=1S/C19H25F3N2OS/c1-26-9-6-16(13-4-2-5-14(10-13)19(20,21)22)24-17(25)23-15-11-18(12-15)7-3-8-18/h2,4-5,10,15-16H,3,6-9,11-12H2,1H3,(H2,23,24,25). The van der Waals surface area contributed by atoms with E-state index in [4.69, 9.17) is 0 Å². The summed E-state index contributed by atoms with van der Waals surface area (Å²) in [7, 11) is 0. The van der Waals surface area contributed by atoms with Crippen LogP contribution in [0.25, 0.3) is 0 Å². The van der Waals surface area contributed by atoms with Gasteiger partial charge in [0.1, 0.15) is 0 Å². The summed E-state index contributed by atoms with van der Waals surface area (Å²) in [5, 5.41) is 5.86. The molecule has 0 saturated heterocycles. The highest BCUT2D eigenvalue weighted by Gasteiger charge is 2.48. The van der Waals surface area contributed by atoms with Crippen LogP contribution in [-0.2, 0) is 6.18 Å². The topological polar surface area (TPSA) is 41.1 Å². The van der Waals surface area contributed by atoms with E-state index in [0.29, 0.717) is 17.4 Å². The zero-order chi connectivity index (χ0) is 18.8. The van der Waals surface area contributed by atoms with Crippen LogP contribution in [0.3, 0.4) is 0 Å². The molecule has 2 aliphatic rings. The number of benzene rings is 1. The molecule has 0 aromatic heterocycles. The summed E-state index contributed by atoms with van der Waals surface area (Å²) in [6.07, 6.45) is 4.00. The first-order valence-electron chi connectivity index (χ1n) is 9.04. The zero-order valence-corrected chi connectivity index (χ0v) is 15.7. The van der Waals surface area contributed by atoms with Crippen molar-refractivity contribution < 1.29 is 18.0 Å². The Kier molecular flexibility index (Phi) is 5.75. The molecule has 1 aromatic carbocycles. The molecule has 2 N–H and O–H groups in total. The maximum Gasteiger partial charge on any atom is 0.416 e. The van der Waals surface area contributed by atoms with Gasteiger partial charge in [0.2, 0.25) is 0 Å². The van der Waals surface area contributed by atoms with E-state index in [1.807, 2.05) is 6.26 Å². The summed E-state index contributed by atoms with van der Waals surface area (Å²) in [6.45, 7) is 0. The zero-order valence-electron chi connectivity index (χ0n) is 14.9. The van der Waals surface area contributed by atoms with Gasteiger partial charge in [0.15, 0.2) is 0 Å². The molecule has 2 saturated carbocycles. The number of halogens is 3. The number of hydrogen-bond donors (Lipinski definition) is 2. The number of carbonyl (C=O) groups is 1. The summed E-state index contributed by atoms with van der Waals surface area (Å²) in [5.74, 6) is 0.758. The molecule has 26 heavy (non-hydrogen) atoms. The SMILES string of the molecule is CSCCC(NC(=O)NC1CC2(CCC2)C1)c1cccc(C(F)(F)F)c1. The molecule has 1 spiro atoms. The van der Waals surface area contributed by atoms with Crippen molar-refractivity contribution in [1.29, 1.82) is 0 Å². The second-order valence-corrected chi connectivity index (χ2v) is 8.52. The Morgan fingerprint density at radius 3 is 2.65 bits per heavy atom. The van der Waals surface area contributed by atoms with Crippen molar-refractivity contribution in [2.24, 2.45) is 5.41 Å². The van der Waals surface area contributed by atoms with Crippen LogP contribution >= 0.6 is 11.8 Å². The van der Waals surface area contributed by atoms with Gasteiger partial charge in [-0.05, 0) is 67.2 Å². The summed E-state index contributed by atoms with van der Waals surface area (Å²) >= 11 is 1.61. The highest BCUT2D eigenvalue weighted by atomic mass is 32.2. The first-order chi connectivity index (χ1) is 12.3. The highest BCUT2D eigenvalue weighted by molar-refractivity contribution is 7.98. The van der Waals surface area contributed by atoms with Crippen molar-refractivity contribution in [1.82, 2.24) is 10.6 Å². The summed E-state index contributed by atoms with van der Waals surface area (Å²) in [5.41, 5.74) is 0.280. The monoisotopic (exact) mass is 386 g/mol. The third kappa shape index (κ3) is 4.48. The molecule has 0 radical (unpaired) electrons. The Bertz CT molecular complexity index is 638. The molecular weight excluding hydrogens is 361 g/mol. The molecule has 0 heterocycles. The Hall–Kier alpha value is -1.37. The summed E-state index contributed by atoms with van der Waals surface area (Å²) in [6, 6.07) is 4.72. The van der Waals surface area contributed by atoms with Crippen LogP contribution in [0.2, 0.25) is 0 Å². The van der Waals surface area contributed by atoms with Gasteiger partial charge in [0.25, 0.3) is 0 Å². The average Bonchev–Trinajstić information content (AvgIpc) is 2.52. The van der Waals surface area contributed by atoms with E-state index >= 15 is 0 Å². The first-order valence-corrected chi connectivity index (χ1v) is 10.4. The Morgan fingerprint density at radius 1 is 1.35 bits per heavy atom. The fourth-order valence-electron chi connectivity index (χ4n) is 4.05. The minimum atomic E-state index is -4.38. The molecule has 2 amide bonds. The third-order valence-corrected chi connectivity index (χ3v) is 6.28. The second kappa shape index (κ2) is 7.71. The van der Waals surface area contributed by atoms with Crippen LogP contribution in [0.15, 0.2) is 24.3 Å². The normalized spacial score (nSPS) is 20.2. The van der Waals surface area contributed by atoms with Crippen molar-refractivity contribution >= 4 is 17.8 Å². The van der Waals surface area contributed by atoms with Crippen molar-refractivity contribution in [3.05, 3.63) is 35.4 Å². The predicted octanol–water partition coefficient (Wildman–Crippen LogP) is 5.13. The van der Waals surface area contributed by atoms with E-state index in [9.17, 15) is 18.0 Å². The number of alkyl halides is 3. The van der Waals surface area contributed by atoms with Gasteiger partial charge in [-0.1, -0.05) is 18.6 Å². The molecule has 1 aromatic rings. The lowest BCUT2D eigenvalue weighted by Crippen LogP contribution is -2.55. The number of thioether (sulfide) groups is 1. The molecule has 3 nitrogen and oxygen atoms in total. The summed E-state index contributed by atoms with van der Waals surface area (Å²) < 4.78 is 38.9. The van der Waals surface area contributed by atoms with Gasteiger partial charge < -0.3 is 10.6 Å². The number of rotatable bonds is 6. The molecule has 2 aliphatic carbocycles. The minimum absolute atomic E-state index is 0.193. The van der Waals surface area contributed by atoms with E-state index in [0.717, 1.165) is 30.7 Å². The van der Waals surface area contributed by atoms with Gasteiger partial charge in [-0.2, -0.15) is 24.9 Å². The van der Waals surface area contributed by atoms with Crippen molar-refractivity contribution in [3.63, 3.8) is 0 Å². The van der Waals surface area contributed by atoms with Gasteiger partial charge in [0, 0.05) is 6.04 Å². The number of nitrogens with one attached hydrogen (secondary N) is 2. The van der Waals surface area contributed by atoms with E-state index in [2.05, 4.69) is 10.6 Å². The molecule has 1 unspecified atom stereocenters. The van der Waals surface area contributed by atoms with Gasteiger partial charge >= 0.3 is 12.2 Å². The fourth-order valence-corrected chi connectivity index (χ4v) is 4.52. The van der Waals surface area contributed by atoms with E-state index in [1.54, 1.807) is 17.8 Å². The van der Waals surface area contributed by atoms with Gasteiger partial charge in [0.05, 0.1) is 11.6 Å². The molecule has 2 fully saturated rings. The second-order valence-electron chi connectivity index (χ2n) is 7.53. The maximum atomic E-state index is 13.0. The molecule has 0 bridgehead atoms. The third-order valence-electron chi connectivity index (χ3n) is 5.64.